The third-order valence-electron chi connectivity index (χ3n) is 3.15. The van der Waals surface area contributed by atoms with Crippen molar-refractivity contribution in [3.05, 3.63) is 0 Å². The molecule has 0 radical (unpaired) electrons. The summed E-state index contributed by atoms with van der Waals surface area (Å²) in [6, 6.07) is 2.82. The van der Waals surface area contributed by atoms with E-state index in [1.807, 2.05) is 0 Å². The van der Waals surface area contributed by atoms with E-state index in [1.165, 1.54) is 12.1 Å². The average Bonchev–Trinajstić information content (AvgIpc) is 2.01. The third-order valence-corrected chi connectivity index (χ3v) is 12.9. The van der Waals surface area contributed by atoms with Crippen molar-refractivity contribution in [2.24, 2.45) is 0 Å². The first-order chi connectivity index (χ1) is 4.98. The quantitative estimate of drug-likeness (QED) is 0.595. The fourth-order valence-electron chi connectivity index (χ4n) is 1.37. The Kier molecular flexibility index (Phi) is 10.1. The standard InChI is InChI=1S/C8H23NSi2.K.H/c1-7-11(6,8-2)9(3)10(4)5;;/h10H,7-8H2,1-6H3;;/q;+1;-1. The Balaban J connectivity index is -0.000000500. The third kappa shape index (κ3) is 4.50. The molecular formula is C8H24KNSi2. The van der Waals surface area contributed by atoms with Crippen molar-refractivity contribution >= 4 is 17.2 Å². The predicted octanol–water partition coefficient (Wildman–Crippen LogP) is -0.367. The van der Waals surface area contributed by atoms with Crippen molar-refractivity contribution in [3.63, 3.8) is 0 Å². The van der Waals surface area contributed by atoms with Crippen molar-refractivity contribution < 1.29 is 52.8 Å². The number of nitrogens with zero attached hydrogens (tertiary/aromatic N) is 1. The minimum absolute atomic E-state index is 0. The molecular weight excluding hydrogens is 205 g/mol. The molecule has 0 atom stereocenters. The smallest absolute Gasteiger partial charge is 1.00 e. The zero-order valence-corrected chi connectivity index (χ0v) is 15.2. The normalized spacial score (nSPS) is 12.0. The van der Waals surface area contributed by atoms with Gasteiger partial charge >= 0.3 is 51.4 Å². The Bertz CT molecular complexity index is 121. The topological polar surface area (TPSA) is 3.24 Å². The summed E-state index contributed by atoms with van der Waals surface area (Å²) < 4.78 is 2.74. The minimum Gasteiger partial charge on any atom is -1.00 e. The molecule has 0 aromatic heterocycles. The van der Waals surface area contributed by atoms with Gasteiger partial charge in [-0.2, -0.15) is 0 Å². The van der Waals surface area contributed by atoms with Crippen LogP contribution in [-0.4, -0.2) is 28.5 Å². The molecule has 0 bridgehead atoms. The van der Waals surface area contributed by atoms with Crippen LogP contribution in [0.2, 0.25) is 31.7 Å². The summed E-state index contributed by atoms with van der Waals surface area (Å²) >= 11 is 0. The molecule has 0 saturated heterocycles. The van der Waals surface area contributed by atoms with Crippen LogP contribution >= 0.6 is 0 Å². The van der Waals surface area contributed by atoms with E-state index in [-0.39, 0.29) is 52.8 Å². The van der Waals surface area contributed by atoms with Gasteiger partial charge in [-0.25, -0.2) is 0 Å². The van der Waals surface area contributed by atoms with Crippen LogP contribution in [-0.2, 0) is 0 Å². The van der Waals surface area contributed by atoms with Gasteiger partial charge in [0, 0.05) is 0 Å². The summed E-state index contributed by atoms with van der Waals surface area (Å²) in [5, 5.41) is 0. The first-order valence-corrected chi connectivity index (χ1v) is 10.4. The molecule has 0 aliphatic heterocycles. The van der Waals surface area contributed by atoms with E-state index in [9.17, 15) is 0 Å². The van der Waals surface area contributed by atoms with Gasteiger partial charge in [-0.3, -0.25) is 0 Å². The summed E-state index contributed by atoms with van der Waals surface area (Å²) in [6.45, 7) is 12.1. The molecule has 1 nitrogen and oxygen atoms in total. The van der Waals surface area contributed by atoms with Gasteiger partial charge in [0.25, 0.3) is 0 Å². The molecule has 0 amide bonds. The summed E-state index contributed by atoms with van der Waals surface area (Å²) in [5.74, 6) is 0. The van der Waals surface area contributed by atoms with Gasteiger partial charge in [0.15, 0.2) is 0 Å². The Morgan fingerprint density at radius 2 is 1.58 bits per heavy atom. The molecule has 0 aliphatic rings. The van der Waals surface area contributed by atoms with E-state index >= 15 is 0 Å². The first kappa shape index (κ1) is 16.5. The van der Waals surface area contributed by atoms with Gasteiger partial charge in [-0.15, -0.1) is 0 Å². The van der Waals surface area contributed by atoms with Crippen LogP contribution in [0.25, 0.3) is 0 Å². The van der Waals surface area contributed by atoms with Crippen LogP contribution in [0, 0.1) is 0 Å². The Morgan fingerprint density at radius 1 is 1.25 bits per heavy atom. The van der Waals surface area contributed by atoms with Gasteiger partial charge in [-0.1, -0.05) is 33.5 Å². The van der Waals surface area contributed by atoms with Crippen LogP contribution in [0.15, 0.2) is 0 Å². The number of hydrogen-bond donors (Lipinski definition) is 0. The maximum atomic E-state index is 2.74. The number of hydrogen-bond acceptors (Lipinski definition) is 1. The second-order valence-corrected chi connectivity index (χ2v) is 12.5. The van der Waals surface area contributed by atoms with Crippen molar-refractivity contribution in [2.45, 2.75) is 45.6 Å². The van der Waals surface area contributed by atoms with Gasteiger partial charge < -0.3 is 5.66 Å². The molecule has 0 N–H and O–H groups in total. The van der Waals surface area contributed by atoms with Crippen LogP contribution in [0.1, 0.15) is 15.3 Å². The van der Waals surface area contributed by atoms with Gasteiger partial charge in [0.05, 0.1) is 8.96 Å². The predicted molar refractivity (Wildman–Crippen MR) is 60.3 cm³/mol. The van der Waals surface area contributed by atoms with Crippen molar-refractivity contribution in [2.75, 3.05) is 7.05 Å². The van der Waals surface area contributed by atoms with E-state index in [4.69, 9.17) is 0 Å². The van der Waals surface area contributed by atoms with Crippen molar-refractivity contribution in [1.82, 2.24) is 4.23 Å². The fourth-order valence-corrected chi connectivity index (χ4v) is 8.95. The molecule has 0 aliphatic carbocycles. The van der Waals surface area contributed by atoms with Gasteiger partial charge in [-0.05, 0) is 19.1 Å². The van der Waals surface area contributed by atoms with Gasteiger partial charge in [0.2, 0.25) is 0 Å². The SMILES string of the molecule is CC[Si](C)(CC)N(C)[SiH](C)C.[H-].[K+]. The first-order valence-electron chi connectivity index (χ1n) is 4.71. The second kappa shape index (κ2) is 7.34. The average molecular weight is 230 g/mol. The zero-order valence-electron chi connectivity index (χ0n) is 10.9. The summed E-state index contributed by atoms with van der Waals surface area (Å²) in [7, 11) is 0.845. The molecule has 4 heteroatoms. The molecule has 0 heterocycles. The molecule has 0 aromatic rings. The summed E-state index contributed by atoms with van der Waals surface area (Å²) in [5.41, 5.74) is 0. The summed E-state index contributed by atoms with van der Waals surface area (Å²) in [6.07, 6.45) is 0. The fraction of sp³-hybridized carbons (Fsp3) is 1.00. The van der Waals surface area contributed by atoms with E-state index in [2.05, 4.69) is 44.8 Å². The molecule has 0 aromatic carbocycles. The number of rotatable bonds is 4. The van der Waals surface area contributed by atoms with Crippen LogP contribution in [0.3, 0.4) is 0 Å². The van der Waals surface area contributed by atoms with Crippen LogP contribution in [0.4, 0.5) is 0 Å². The maximum Gasteiger partial charge on any atom is 1.00 e. The monoisotopic (exact) mass is 229 g/mol. The zero-order chi connectivity index (χ0) is 9.07. The molecule has 0 saturated carbocycles. The molecule has 0 spiro atoms. The van der Waals surface area contributed by atoms with Crippen molar-refractivity contribution in [1.29, 1.82) is 0 Å². The van der Waals surface area contributed by atoms with E-state index in [0.717, 1.165) is 0 Å². The van der Waals surface area contributed by atoms with Gasteiger partial charge in [0.1, 0.15) is 8.24 Å². The van der Waals surface area contributed by atoms with E-state index < -0.39 is 17.2 Å². The van der Waals surface area contributed by atoms with E-state index in [0.29, 0.717) is 0 Å². The Hall–Kier alpha value is 2.03. The maximum absolute atomic E-state index is 2.74. The van der Waals surface area contributed by atoms with E-state index in [1.54, 1.807) is 0 Å². The molecule has 70 valence electrons. The second-order valence-electron chi connectivity index (χ2n) is 3.91. The molecule has 0 unspecified atom stereocenters. The molecule has 0 fully saturated rings. The van der Waals surface area contributed by atoms with Crippen LogP contribution in [0.5, 0.6) is 0 Å². The van der Waals surface area contributed by atoms with Crippen molar-refractivity contribution in [3.8, 4) is 0 Å². The summed E-state index contributed by atoms with van der Waals surface area (Å²) in [4.78, 5) is 0. The minimum atomic E-state index is -0.969. The largest absolute Gasteiger partial charge is 1.00 e. The molecule has 12 heavy (non-hydrogen) atoms. The molecule has 0 rings (SSSR count). The Morgan fingerprint density at radius 3 is 1.67 bits per heavy atom. The van der Waals surface area contributed by atoms with Crippen LogP contribution < -0.4 is 51.4 Å². The Labute approximate surface area is 125 Å².